The summed E-state index contributed by atoms with van der Waals surface area (Å²) in [6.07, 6.45) is 9.06. The molecule has 486 valence electrons. The fraction of sp³-hybridized carbons (Fsp3) is 0.561. The van der Waals surface area contributed by atoms with Gasteiger partial charge in [-0.15, -0.1) is 0 Å². The van der Waals surface area contributed by atoms with Crippen LogP contribution in [0.4, 0.5) is 0 Å². The molecule has 0 aliphatic heterocycles. The van der Waals surface area contributed by atoms with E-state index in [0.29, 0.717) is 35.5 Å². The van der Waals surface area contributed by atoms with Crippen LogP contribution in [0.5, 0.6) is 0 Å². The van der Waals surface area contributed by atoms with Gasteiger partial charge < -0.3 is 18.4 Å². The van der Waals surface area contributed by atoms with Crippen LogP contribution in [-0.4, -0.2) is 55.5 Å². The Hall–Kier alpha value is -4.19. The molecule has 2 fully saturated rings. The largest absolute Gasteiger partial charge is 0.407 e. The molecule has 2 aliphatic rings. The van der Waals surface area contributed by atoms with Crippen LogP contribution in [0.2, 0.25) is 15.1 Å². The summed E-state index contributed by atoms with van der Waals surface area (Å²) in [5.41, 5.74) is 0.735. The van der Waals surface area contributed by atoms with Gasteiger partial charge in [0.2, 0.25) is 0 Å². The Morgan fingerprint density at radius 3 is 0.888 bits per heavy atom. The zero-order valence-corrected chi connectivity index (χ0v) is 62.7. The third kappa shape index (κ3) is 14.6. The van der Waals surface area contributed by atoms with E-state index in [1.807, 2.05) is 0 Å². The van der Waals surface area contributed by atoms with Crippen molar-refractivity contribution in [1.82, 2.24) is 0 Å². The first kappa shape index (κ1) is 72.2. The summed E-state index contributed by atoms with van der Waals surface area (Å²) in [5.74, 6) is 2.88. The van der Waals surface area contributed by atoms with Gasteiger partial charge in [0.05, 0.1) is 6.10 Å². The van der Waals surface area contributed by atoms with Gasteiger partial charge in [0.15, 0.2) is 0 Å². The second-order valence-electron chi connectivity index (χ2n) is 33.0. The lowest BCUT2D eigenvalue weighted by atomic mass is 9.59. The molecule has 0 amide bonds. The quantitative estimate of drug-likeness (QED) is 0.0614. The second-order valence-corrected chi connectivity index (χ2v) is 45.9. The first-order chi connectivity index (χ1) is 41.7. The van der Waals surface area contributed by atoms with E-state index in [1.165, 1.54) is 56.8 Å². The van der Waals surface area contributed by atoms with Crippen molar-refractivity contribution in [2.45, 2.75) is 224 Å². The Bertz CT molecular complexity index is 2940. The van der Waals surface area contributed by atoms with Crippen LogP contribution in [0.25, 0.3) is 0 Å². The van der Waals surface area contributed by atoms with Crippen LogP contribution < -0.4 is 31.1 Å². The highest BCUT2D eigenvalue weighted by atomic mass is 28.4. The molecule has 0 aromatic heterocycles. The summed E-state index contributed by atoms with van der Waals surface area (Å²) in [6, 6.07) is 66.6. The minimum atomic E-state index is -2.65. The van der Waals surface area contributed by atoms with Gasteiger partial charge in [0, 0.05) is 19.3 Å². The van der Waals surface area contributed by atoms with Gasteiger partial charge in [-0.3, -0.25) is 0 Å². The van der Waals surface area contributed by atoms with Crippen LogP contribution in [0.15, 0.2) is 182 Å². The van der Waals surface area contributed by atoms with Crippen molar-refractivity contribution in [3.05, 3.63) is 182 Å². The van der Waals surface area contributed by atoms with Crippen molar-refractivity contribution in [3.8, 4) is 0 Å². The van der Waals surface area contributed by atoms with Gasteiger partial charge in [-0.05, 0) is 155 Å². The molecule has 7 heteroatoms. The molecule has 89 heavy (non-hydrogen) atoms. The Morgan fingerprint density at radius 1 is 0.382 bits per heavy atom. The minimum absolute atomic E-state index is 0.00202. The summed E-state index contributed by atoms with van der Waals surface area (Å²) < 4.78 is 22.7. The number of rotatable bonds is 24. The lowest BCUT2D eigenvalue weighted by molar-refractivity contribution is 0.00600. The first-order valence-electron chi connectivity index (χ1n) is 34.7. The molecule has 8 rings (SSSR count). The predicted molar refractivity (Wildman–Crippen MR) is 391 cm³/mol. The third-order valence-electron chi connectivity index (χ3n) is 24.1. The summed E-state index contributed by atoms with van der Waals surface area (Å²) in [7, 11) is -7.78. The fourth-order valence-electron chi connectivity index (χ4n) is 16.8. The molecule has 0 radical (unpaired) electrons. The standard InChI is InChI=1S/C49H70O2Si2.C33H52O2Si/c1-38(2)45(51-53(47(7,8)9,43-29-21-15-22-30-43)44-31-23-16-24-32-44)34-33-39(3)49(12)36-35-40(48(49,10)11)37-50-52(46(4,5)6,41-25-17-13-18-26-41)42-27-19-14-20-28-42;1-25(2)30(34)21-20-26(3)33(9)23-22-27(32(33,7)8)24-35-36(31(4,5)6,28-16-12-10-13-17-28)29-18-14-11-15-19-29/h13-32,38-40,45H,33-37H2,1-12H3;10-19,25-27,30,34H,20-24H2,1-9H3/t39-,40-,45-,49+;26-,27-,30+,33+/m00/s1. The van der Waals surface area contributed by atoms with Crippen molar-refractivity contribution in [2.75, 3.05) is 13.2 Å². The molecule has 1 N–H and O–H groups in total. The number of aliphatic hydroxyl groups is 1. The smallest absolute Gasteiger partial charge is 0.261 e. The second kappa shape index (κ2) is 29.0. The van der Waals surface area contributed by atoms with E-state index in [0.717, 1.165) is 38.9 Å². The number of hydrogen-bond donors (Lipinski definition) is 1. The van der Waals surface area contributed by atoms with Crippen molar-refractivity contribution < 1.29 is 18.4 Å². The predicted octanol–water partition coefficient (Wildman–Crippen LogP) is 18.5. The van der Waals surface area contributed by atoms with E-state index in [9.17, 15) is 5.11 Å². The SMILES string of the molecule is CC(C)[C@H](CC[C@H](C)[C@@]1(C)CC[C@@H](CO[Si](c2ccccc2)(c2ccccc2)C(C)(C)C)C1(C)C)O[Si](c1ccccc1)(c1ccccc1)C(C)(C)C.CC(C)[C@H](O)CC[C@H](C)[C@@]1(C)CC[C@@H](CO[Si](c2ccccc2)(c2ccccc2)C(C)(C)C)C1(C)C. The van der Waals surface area contributed by atoms with E-state index in [4.69, 9.17) is 13.3 Å². The van der Waals surface area contributed by atoms with Crippen molar-refractivity contribution in [3.63, 3.8) is 0 Å². The van der Waals surface area contributed by atoms with Crippen LogP contribution in [-0.2, 0) is 13.3 Å². The molecule has 0 spiro atoms. The first-order valence-corrected chi connectivity index (χ1v) is 40.4. The maximum absolute atomic E-state index is 10.4. The summed E-state index contributed by atoms with van der Waals surface area (Å²) >= 11 is 0. The van der Waals surface area contributed by atoms with Gasteiger partial charge in [-0.2, -0.15) is 0 Å². The molecular formula is C82H122O4Si3. The molecule has 6 aromatic carbocycles. The Balaban J connectivity index is 0.000000273. The monoisotopic (exact) mass is 1250 g/mol. The zero-order valence-electron chi connectivity index (χ0n) is 59.7. The summed E-state index contributed by atoms with van der Waals surface area (Å²) in [5, 5.41) is 18.6. The van der Waals surface area contributed by atoms with Gasteiger partial charge in [0.25, 0.3) is 25.0 Å². The normalized spacial score (nSPS) is 22.1. The molecule has 0 saturated heterocycles. The van der Waals surface area contributed by atoms with E-state index < -0.39 is 25.0 Å². The highest BCUT2D eigenvalue weighted by Gasteiger charge is 2.59. The van der Waals surface area contributed by atoms with Crippen LogP contribution in [0.3, 0.4) is 0 Å². The van der Waals surface area contributed by atoms with Gasteiger partial charge in [-0.25, -0.2) is 0 Å². The maximum atomic E-state index is 10.4. The van der Waals surface area contributed by atoms with E-state index >= 15 is 0 Å². The highest BCUT2D eigenvalue weighted by molar-refractivity contribution is 7.00. The van der Waals surface area contributed by atoms with Crippen molar-refractivity contribution in [2.24, 2.45) is 57.2 Å². The molecule has 2 saturated carbocycles. The average Bonchev–Trinajstić information content (AvgIpc) is 1.64. The highest BCUT2D eigenvalue weighted by Crippen LogP contribution is 2.62. The van der Waals surface area contributed by atoms with Gasteiger partial charge in [-0.1, -0.05) is 327 Å². The zero-order chi connectivity index (χ0) is 65.5. The number of hydrogen-bond acceptors (Lipinski definition) is 4. The van der Waals surface area contributed by atoms with Crippen molar-refractivity contribution in [1.29, 1.82) is 0 Å². The number of aliphatic hydroxyl groups excluding tert-OH is 1. The molecule has 6 aromatic rings. The van der Waals surface area contributed by atoms with E-state index in [2.05, 4.69) is 327 Å². The third-order valence-corrected chi connectivity index (χ3v) is 39.1. The molecule has 4 nitrogen and oxygen atoms in total. The lowest BCUT2D eigenvalue weighted by Gasteiger charge is -2.49. The molecular weight excluding hydrogens is 1130 g/mol. The Kier molecular flexibility index (Phi) is 23.5. The van der Waals surface area contributed by atoms with Crippen LogP contribution in [0.1, 0.15) is 197 Å². The Morgan fingerprint density at radius 2 is 0.640 bits per heavy atom. The van der Waals surface area contributed by atoms with Crippen molar-refractivity contribution >= 4 is 56.1 Å². The average molecular weight is 1260 g/mol. The maximum Gasteiger partial charge on any atom is 0.261 e. The van der Waals surface area contributed by atoms with E-state index in [-0.39, 0.29) is 49.0 Å². The van der Waals surface area contributed by atoms with Gasteiger partial charge in [0.1, 0.15) is 0 Å². The Labute approximate surface area is 547 Å². The molecule has 8 atom stereocenters. The lowest BCUT2D eigenvalue weighted by Crippen LogP contribution is -2.68. The fourth-order valence-corrected chi connectivity index (χ4v) is 30.9. The number of benzene rings is 6. The summed E-state index contributed by atoms with van der Waals surface area (Å²) in [4.78, 5) is 0. The molecule has 2 aliphatic carbocycles. The summed E-state index contributed by atoms with van der Waals surface area (Å²) in [6.45, 7) is 52.2. The molecule has 0 bridgehead atoms. The molecule has 0 heterocycles. The topological polar surface area (TPSA) is 47.9 Å². The van der Waals surface area contributed by atoms with Crippen LogP contribution >= 0.6 is 0 Å². The van der Waals surface area contributed by atoms with Gasteiger partial charge >= 0.3 is 0 Å². The van der Waals surface area contributed by atoms with E-state index in [1.54, 1.807) is 0 Å². The van der Waals surface area contributed by atoms with Crippen LogP contribution in [0, 0.1) is 57.2 Å². The molecule has 0 unspecified atom stereocenters. The minimum Gasteiger partial charge on any atom is -0.407 e.